The van der Waals surface area contributed by atoms with Gasteiger partial charge in [0.15, 0.2) is 0 Å². The van der Waals surface area contributed by atoms with Crippen LogP contribution in [0.1, 0.15) is 35.6 Å². The van der Waals surface area contributed by atoms with Crippen molar-refractivity contribution in [1.29, 1.82) is 0 Å². The number of amides is 1. The molecule has 0 bridgehead atoms. The molecule has 0 spiro atoms. The SMILES string of the molecule is CCn1nc(C)c(C(=O)NCC(C)Oc2ccc(Cl)cc2)c1C. The number of ether oxygens (including phenoxy) is 1. The lowest BCUT2D eigenvalue weighted by Crippen LogP contribution is -2.34. The normalized spacial score (nSPS) is 12.0. The molecule has 5 nitrogen and oxygen atoms in total. The molecular weight excluding hydrogens is 314 g/mol. The van der Waals surface area contributed by atoms with Crippen molar-refractivity contribution >= 4 is 17.5 Å². The molecule has 23 heavy (non-hydrogen) atoms. The van der Waals surface area contributed by atoms with Crippen LogP contribution in [0.3, 0.4) is 0 Å². The summed E-state index contributed by atoms with van der Waals surface area (Å²) in [4.78, 5) is 12.4. The predicted octanol–water partition coefficient (Wildman–Crippen LogP) is 3.37. The van der Waals surface area contributed by atoms with E-state index in [-0.39, 0.29) is 12.0 Å². The average Bonchev–Trinajstić information content (AvgIpc) is 2.81. The van der Waals surface area contributed by atoms with Crippen LogP contribution in [-0.4, -0.2) is 28.3 Å². The molecule has 0 saturated heterocycles. The Morgan fingerprint density at radius 3 is 2.57 bits per heavy atom. The summed E-state index contributed by atoms with van der Waals surface area (Å²) in [5.74, 6) is 0.605. The van der Waals surface area contributed by atoms with E-state index in [1.165, 1.54) is 0 Å². The summed E-state index contributed by atoms with van der Waals surface area (Å²) in [7, 11) is 0. The van der Waals surface area contributed by atoms with E-state index in [9.17, 15) is 4.79 Å². The van der Waals surface area contributed by atoms with Gasteiger partial charge >= 0.3 is 0 Å². The number of hydrogen-bond acceptors (Lipinski definition) is 3. The second-order valence-electron chi connectivity index (χ2n) is 5.45. The molecule has 2 aromatic rings. The van der Waals surface area contributed by atoms with Gasteiger partial charge in [0, 0.05) is 17.3 Å². The monoisotopic (exact) mass is 335 g/mol. The van der Waals surface area contributed by atoms with Crippen LogP contribution >= 0.6 is 11.6 Å². The number of nitrogens with one attached hydrogen (secondary N) is 1. The molecule has 0 radical (unpaired) electrons. The summed E-state index contributed by atoms with van der Waals surface area (Å²) in [6.45, 7) is 8.83. The van der Waals surface area contributed by atoms with E-state index in [0.29, 0.717) is 17.1 Å². The molecule has 0 fully saturated rings. The number of carbonyl (C=O) groups is 1. The van der Waals surface area contributed by atoms with Crippen LogP contribution in [0.2, 0.25) is 5.02 Å². The Morgan fingerprint density at radius 1 is 1.35 bits per heavy atom. The predicted molar refractivity (Wildman–Crippen MR) is 91.3 cm³/mol. The van der Waals surface area contributed by atoms with Crippen LogP contribution in [0.4, 0.5) is 0 Å². The Morgan fingerprint density at radius 2 is 2.00 bits per heavy atom. The number of rotatable bonds is 6. The first-order valence-electron chi connectivity index (χ1n) is 7.66. The highest BCUT2D eigenvalue weighted by molar-refractivity contribution is 6.30. The summed E-state index contributed by atoms with van der Waals surface area (Å²) in [6, 6.07) is 7.16. The minimum absolute atomic E-state index is 0.119. The topological polar surface area (TPSA) is 56.2 Å². The van der Waals surface area contributed by atoms with Crippen LogP contribution in [0, 0.1) is 13.8 Å². The van der Waals surface area contributed by atoms with E-state index in [4.69, 9.17) is 16.3 Å². The maximum atomic E-state index is 12.4. The molecule has 1 heterocycles. The van der Waals surface area contributed by atoms with Gasteiger partial charge < -0.3 is 10.1 Å². The minimum Gasteiger partial charge on any atom is -0.489 e. The molecule has 1 atom stereocenters. The Balaban J connectivity index is 1.93. The lowest BCUT2D eigenvalue weighted by Gasteiger charge is -2.15. The molecular formula is C17H22ClN3O2. The van der Waals surface area contributed by atoms with Gasteiger partial charge in [0.05, 0.1) is 17.8 Å². The maximum Gasteiger partial charge on any atom is 0.255 e. The van der Waals surface area contributed by atoms with E-state index >= 15 is 0 Å². The standard InChI is InChI=1S/C17H22ClN3O2/c1-5-21-13(4)16(12(3)20-21)17(22)19-10-11(2)23-15-8-6-14(18)7-9-15/h6-9,11H,5,10H2,1-4H3,(H,19,22). The van der Waals surface area contributed by atoms with Crippen molar-refractivity contribution in [3.8, 4) is 5.75 Å². The van der Waals surface area contributed by atoms with Crippen molar-refractivity contribution in [2.45, 2.75) is 40.3 Å². The highest BCUT2D eigenvalue weighted by Gasteiger charge is 2.18. The van der Waals surface area contributed by atoms with Gasteiger partial charge in [-0.3, -0.25) is 9.48 Å². The smallest absolute Gasteiger partial charge is 0.255 e. The van der Waals surface area contributed by atoms with Crippen molar-refractivity contribution in [3.05, 3.63) is 46.2 Å². The quantitative estimate of drug-likeness (QED) is 0.880. The highest BCUT2D eigenvalue weighted by Crippen LogP contribution is 2.17. The molecule has 0 aliphatic rings. The van der Waals surface area contributed by atoms with E-state index < -0.39 is 0 Å². The fraction of sp³-hybridized carbons (Fsp3) is 0.412. The summed E-state index contributed by atoms with van der Waals surface area (Å²) >= 11 is 5.84. The number of halogens is 1. The number of nitrogens with zero attached hydrogens (tertiary/aromatic N) is 2. The van der Waals surface area contributed by atoms with Gasteiger partial charge in [0.1, 0.15) is 11.9 Å². The molecule has 1 aromatic carbocycles. The van der Waals surface area contributed by atoms with Gasteiger partial charge in [-0.05, 0) is 52.0 Å². The van der Waals surface area contributed by atoms with Crippen LogP contribution < -0.4 is 10.1 Å². The molecule has 0 saturated carbocycles. The van der Waals surface area contributed by atoms with Crippen molar-refractivity contribution in [2.24, 2.45) is 0 Å². The van der Waals surface area contributed by atoms with E-state index in [1.54, 1.807) is 24.3 Å². The molecule has 1 amide bonds. The first-order valence-corrected chi connectivity index (χ1v) is 8.04. The number of carbonyl (C=O) groups excluding carboxylic acids is 1. The molecule has 1 unspecified atom stereocenters. The number of aryl methyl sites for hydroxylation is 2. The van der Waals surface area contributed by atoms with Crippen LogP contribution in [0.15, 0.2) is 24.3 Å². The van der Waals surface area contributed by atoms with Crippen molar-refractivity contribution in [2.75, 3.05) is 6.54 Å². The zero-order chi connectivity index (χ0) is 17.0. The Kier molecular flexibility index (Phi) is 5.66. The van der Waals surface area contributed by atoms with E-state index in [1.807, 2.05) is 32.4 Å². The summed E-state index contributed by atoms with van der Waals surface area (Å²) in [5, 5.41) is 7.94. The number of hydrogen-bond donors (Lipinski definition) is 1. The fourth-order valence-electron chi connectivity index (χ4n) is 2.45. The van der Waals surface area contributed by atoms with Crippen molar-refractivity contribution in [1.82, 2.24) is 15.1 Å². The van der Waals surface area contributed by atoms with Crippen LogP contribution in [0.25, 0.3) is 0 Å². The second-order valence-corrected chi connectivity index (χ2v) is 5.89. The van der Waals surface area contributed by atoms with Gasteiger partial charge in [-0.2, -0.15) is 5.10 Å². The third-order valence-corrected chi connectivity index (χ3v) is 3.86. The van der Waals surface area contributed by atoms with Gasteiger partial charge in [-0.15, -0.1) is 0 Å². The number of benzene rings is 1. The Bertz CT molecular complexity index is 680. The lowest BCUT2D eigenvalue weighted by molar-refractivity contribution is 0.0931. The molecule has 6 heteroatoms. The van der Waals surface area contributed by atoms with Crippen molar-refractivity contribution in [3.63, 3.8) is 0 Å². The van der Waals surface area contributed by atoms with Crippen LogP contribution in [-0.2, 0) is 6.54 Å². The first kappa shape index (κ1) is 17.3. The zero-order valence-electron chi connectivity index (χ0n) is 13.9. The molecule has 2 rings (SSSR count). The second kappa shape index (κ2) is 7.51. The van der Waals surface area contributed by atoms with Gasteiger partial charge in [-0.1, -0.05) is 11.6 Å². The molecule has 0 aliphatic heterocycles. The molecule has 0 aliphatic carbocycles. The molecule has 124 valence electrons. The number of aromatic nitrogens is 2. The average molecular weight is 336 g/mol. The van der Waals surface area contributed by atoms with Crippen LogP contribution in [0.5, 0.6) is 5.75 Å². The summed E-state index contributed by atoms with van der Waals surface area (Å²) in [6.07, 6.45) is -0.151. The summed E-state index contributed by atoms with van der Waals surface area (Å²) < 4.78 is 7.58. The largest absolute Gasteiger partial charge is 0.489 e. The van der Waals surface area contributed by atoms with Gasteiger partial charge in [0.2, 0.25) is 0 Å². The van der Waals surface area contributed by atoms with Gasteiger partial charge in [-0.25, -0.2) is 0 Å². The lowest BCUT2D eigenvalue weighted by atomic mass is 10.2. The van der Waals surface area contributed by atoms with Crippen molar-refractivity contribution < 1.29 is 9.53 Å². The Labute approximate surface area is 141 Å². The van der Waals surface area contributed by atoms with E-state index in [2.05, 4.69) is 10.4 Å². The first-order chi connectivity index (χ1) is 10.9. The van der Waals surface area contributed by atoms with E-state index in [0.717, 1.165) is 23.7 Å². The Hall–Kier alpha value is -2.01. The molecule has 1 aromatic heterocycles. The highest BCUT2D eigenvalue weighted by atomic mass is 35.5. The maximum absolute atomic E-state index is 12.4. The summed E-state index contributed by atoms with van der Waals surface area (Å²) in [5.41, 5.74) is 2.27. The van der Waals surface area contributed by atoms with Gasteiger partial charge in [0.25, 0.3) is 5.91 Å². The molecule has 1 N–H and O–H groups in total. The third kappa shape index (κ3) is 4.26. The zero-order valence-corrected chi connectivity index (χ0v) is 14.6. The fourth-order valence-corrected chi connectivity index (χ4v) is 2.57. The third-order valence-electron chi connectivity index (χ3n) is 3.61. The minimum atomic E-state index is -0.151.